The van der Waals surface area contributed by atoms with E-state index in [0.29, 0.717) is 12.3 Å². The van der Waals surface area contributed by atoms with E-state index in [2.05, 4.69) is 4.72 Å². The number of nitrogens with one attached hydrogen (secondary N) is 1. The molecule has 0 saturated heterocycles. The lowest BCUT2D eigenvalue weighted by molar-refractivity contribution is 0.322. The molecule has 9 heteroatoms. The zero-order valence-corrected chi connectivity index (χ0v) is 16.6. The van der Waals surface area contributed by atoms with Gasteiger partial charge < -0.3 is 4.74 Å². The Kier molecular flexibility index (Phi) is 5.73. The van der Waals surface area contributed by atoms with Crippen LogP contribution in [0.3, 0.4) is 0 Å². The quantitative estimate of drug-likeness (QED) is 0.702. The first-order valence-corrected chi connectivity index (χ1v) is 11.9. The highest BCUT2D eigenvalue weighted by Crippen LogP contribution is 2.32. The normalized spacial score (nSPS) is 14.6. The second-order valence-electron chi connectivity index (χ2n) is 6.30. The summed E-state index contributed by atoms with van der Waals surface area (Å²) in [6.07, 6.45) is 2.73. The number of rotatable bonds is 7. The first-order chi connectivity index (χ1) is 12.8. The smallest absolute Gasteiger partial charge is 0.264 e. The van der Waals surface area contributed by atoms with E-state index < -0.39 is 20.0 Å². The summed E-state index contributed by atoms with van der Waals surface area (Å²) in [5.41, 5.74) is 1.77. The van der Waals surface area contributed by atoms with Crippen molar-refractivity contribution in [1.29, 1.82) is 0 Å². The minimum Gasteiger partial charge on any atom is -0.492 e. The van der Waals surface area contributed by atoms with E-state index in [1.165, 1.54) is 16.4 Å². The van der Waals surface area contributed by atoms with Gasteiger partial charge in [0.15, 0.2) is 0 Å². The molecule has 2 aromatic rings. The van der Waals surface area contributed by atoms with Crippen LogP contribution < -0.4 is 13.8 Å². The third-order valence-electron chi connectivity index (χ3n) is 4.21. The van der Waals surface area contributed by atoms with Gasteiger partial charge in [-0.2, -0.15) is 0 Å². The summed E-state index contributed by atoms with van der Waals surface area (Å²) in [5.74, 6) is 0.475. The molecule has 0 fully saturated rings. The predicted molar refractivity (Wildman–Crippen MR) is 104 cm³/mol. The minimum atomic E-state index is -3.65. The van der Waals surface area contributed by atoms with E-state index in [1.807, 2.05) is 24.3 Å². The number of sulfonamides is 2. The molecule has 2 aromatic carbocycles. The van der Waals surface area contributed by atoms with E-state index >= 15 is 0 Å². The Labute approximate surface area is 160 Å². The SMILES string of the molecule is CS(=O)(=O)NCCOc1ccc(S(=O)(=O)N2CCCc3ccccc32)cc1. The number of aryl methyl sites for hydroxylation is 1. The van der Waals surface area contributed by atoms with Crippen molar-refractivity contribution < 1.29 is 21.6 Å². The highest BCUT2D eigenvalue weighted by molar-refractivity contribution is 7.92. The van der Waals surface area contributed by atoms with Crippen LogP contribution in [0.2, 0.25) is 0 Å². The summed E-state index contributed by atoms with van der Waals surface area (Å²) in [6.45, 7) is 0.747. The Morgan fingerprint density at radius 1 is 1.04 bits per heavy atom. The van der Waals surface area contributed by atoms with Crippen LogP contribution in [0.4, 0.5) is 5.69 Å². The number of para-hydroxylation sites is 1. The third-order valence-corrected chi connectivity index (χ3v) is 6.77. The van der Waals surface area contributed by atoms with Crippen LogP contribution in [0.5, 0.6) is 5.75 Å². The molecule has 7 nitrogen and oxygen atoms in total. The molecule has 0 aromatic heterocycles. The van der Waals surface area contributed by atoms with Crippen molar-refractivity contribution >= 4 is 25.7 Å². The number of fused-ring (bicyclic) bond motifs is 1. The molecular weight excluding hydrogens is 388 g/mol. The molecule has 0 saturated carbocycles. The van der Waals surface area contributed by atoms with Gasteiger partial charge in [0.1, 0.15) is 12.4 Å². The average Bonchev–Trinajstić information content (AvgIpc) is 2.64. The van der Waals surface area contributed by atoms with Crippen molar-refractivity contribution in [3.63, 3.8) is 0 Å². The lowest BCUT2D eigenvalue weighted by Crippen LogP contribution is -2.35. The van der Waals surface area contributed by atoms with E-state index in [-0.39, 0.29) is 18.0 Å². The van der Waals surface area contributed by atoms with Crippen LogP contribution in [-0.4, -0.2) is 42.8 Å². The summed E-state index contributed by atoms with van der Waals surface area (Å²) in [7, 11) is -6.91. The van der Waals surface area contributed by atoms with Crippen molar-refractivity contribution in [2.75, 3.05) is 30.3 Å². The van der Waals surface area contributed by atoms with E-state index in [0.717, 1.165) is 30.3 Å². The van der Waals surface area contributed by atoms with Crippen LogP contribution in [0.25, 0.3) is 0 Å². The zero-order chi connectivity index (χ0) is 19.5. The molecule has 1 N–H and O–H groups in total. The van der Waals surface area contributed by atoms with Gasteiger partial charge in [0.25, 0.3) is 10.0 Å². The molecule has 3 rings (SSSR count). The van der Waals surface area contributed by atoms with E-state index in [9.17, 15) is 16.8 Å². The van der Waals surface area contributed by atoms with Crippen LogP contribution >= 0.6 is 0 Å². The summed E-state index contributed by atoms with van der Waals surface area (Å²) >= 11 is 0. The largest absolute Gasteiger partial charge is 0.492 e. The molecule has 1 heterocycles. The Bertz CT molecular complexity index is 1000. The van der Waals surface area contributed by atoms with Gasteiger partial charge in [-0.05, 0) is 48.7 Å². The number of hydrogen-bond donors (Lipinski definition) is 1. The molecule has 0 unspecified atom stereocenters. The maximum absolute atomic E-state index is 13.0. The Balaban J connectivity index is 1.71. The highest BCUT2D eigenvalue weighted by Gasteiger charge is 2.28. The summed E-state index contributed by atoms with van der Waals surface area (Å²) < 4.78 is 57.3. The van der Waals surface area contributed by atoms with Crippen LogP contribution in [0.15, 0.2) is 53.4 Å². The minimum absolute atomic E-state index is 0.142. The van der Waals surface area contributed by atoms with E-state index in [4.69, 9.17) is 4.74 Å². The third kappa shape index (κ3) is 4.79. The topological polar surface area (TPSA) is 92.8 Å². The summed E-state index contributed by atoms with van der Waals surface area (Å²) in [5, 5.41) is 0. The molecule has 27 heavy (non-hydrogen) atoms. The predicted octanol–water partition coefficient (Wildman–Crippen LogP) is 1.76. The van der Waals surface area contributed by atoms with Gasteiger partial charge in [-0.15, -0.1) is 0 Å². The van der Waals surface area contributed by atoms with Crippen molar-refractivity contribution in [2.45, 2.75) is 17.7 Å². The fraction of sp³-hybridized carbons (Fsp3) is 0.333. The number of anilines is 1. The Morgan fingerprint density at radius 2 is 1.74 bits per heavy atom. The van der Waals surface area contributed by atoms with Crippen LogP contribution in [-0.2, 0) is 26.5 Å². The highest BCUT2D eigenvalue weighted by atomic mass is 32.2. The molecule has 1 aliphatic heterocycles. The molecule has 146 valence electrons. The molecular formula is C18H22N2O5S2. The van der Waals surface area contributed by atoms with Gasteiger partial charge in [-0.3, -0.25) is 4.31 Å². The Hall–Kier alpha value is -2.10. The molecule has 0 spiro atoms. The summed E-state index contributed by atoms with van der Waals surface area (Å²) in [6, 6.07) is 13.7. The Morgan fingerprint density at radius 3 is 2.44 bits per heavy atom. The standard InChI is InChI=1S/C18H22N2O5S2/c1-26(21,22)19-12-14-25-16-8-10-17(11-9-16)27(23,24)20-13-4-6-15-5-2-3-7-18(15)20/h2-3,5,7-11,19H,4,6,12-14H2,1H3. The van der Waals surface area contributed by atoms with Crippen molar-refractivity contribution in [2.24, 2.45) is 0 Å². The number of ether oxygens (including phenoxy) is 1. The average molecular weight is 411 g/mol. The second kappa shape index (κ2) is 7.87. The van der Waals surface area contributed by atoms with Crippen LogP contribution in [0.1, 0.15) is 12.0 Å². The van der Waals surface area contributed by atoms with E-state index in [1.54, 1.807) is 12.1 Å². The first-order valence-electron chi connectivity index (χ1n) is 8.55. The first kappa shape index (κ1) is 19.7. The van der Waals surface area contributed by atoms with Crippen LogP contribution in [0, 0.1) is 0 Å². The van der Waals surface area contributed by atoms with Gasteiger partial charge >= 0.3 is 0 Å². The molecule has 0 amide bonds. The van der Waals surface area contributed by atoms with Gasteiger partial charge in [-0.25, -0.2) is 21.6 Å². The number of nitrogens with zero attached hydrogens (tertiary/aromatic N) is 1. The van der Waals surface area contributed by atoms with Gasteiger partial charge in [0.05, 0.1) is 16.8 Å². The molecule has 0 radical (unpaired) electrons. The van der Waals surface area contributed by atoms with Crippen molar-refractivity contribution in [1.82, 2.24) is 4.72 Å². The molecule has 0 aliphatic carbocycles. The zero-order valence-electron chi connectivity index (χ0n) is 15.0. The molecule has 1 aliphatic rings. The fourth-order valence-corrected chi connectivity index (χ4v) is 4.97. The molecule has 0 atom stereocenters. The molecule has 0 bridgehead atoms. The summed E-state index contributed by atoms with van der Waals surface area (Å²) in [4.78, 5) is 0.195. The fourth-order valence-electron chi connectivity index (χ4n) is 2.98. The van der Waals surface area contributed by atoms with Crippen molar-refractivity contribution in [3.8, 4) is 5.75 Å². The number of hydrogen-bond acceptors (Lipinski definition) is 5. The second-order valence-corrected chi connectivity index (χ2v) is 9.99. The maximum atomic E-state index is 13.0. The monoisotopic (exact) mass is 410 g/mol. The number of benzene rings is 2. The van der Waals surface area contributed by atoms with Crippen molar-refractivity contribution in [3.05, 3.63) is 54.1 Å². The lowest BCUT2D eigenvalue weighted by Gasteiger charge is -2.30. The van der Waals surface area contributed by atoms with Gasteiger partial charge in [0.2, 0.25) is 10.0 Å². The van der Waals surface area contributed by atoms with Gasteiger partial charge in [-0.1, -0.05) is 18.2 Å². The maximum Gasteiger partial charge on any atom is 0.264 e. The lowest BCUT2D eigenvalue weighted by atomic mass is 10.0. The van der Waals surface area contributed by atoms with Gasteiger partial charge in [0, 0.05) is 13.1 Å².